The van der Waals surface area contributed by atoms with E-state index in [1.54, 1.807) is 20.8 Å². The molecule has 13 heteroatoms. The number of alkyl halides is 3. The second kappa shape index (κ2) is 9.16. The fourth-order valence-electron chi connectivity index (χ4n) is 3.45. The molecule has 2 fully saturated rings. The summed E-state index contributed by atoms with van der Waals surface area (Å²) >= 11 is 1.06. The summed E-state index contributed by atoms with van der Waals surface area (Å²) in [4.78, 5) is 29.5. The van der Waals surface area contributed by atoms with Gasteiger partial charge in [-0.2, -0.15) is 18.2 Å². The number of amidine groups is 1. The van der Waals surface area contributed by atoms with E-state index in [0.717, 1.165) is 23.9 Å². The molecule has 0 unspecified atom stereocenters. The number of carbonyl (C=O) groups excluding carboxylic acids is 2. The Morgan fingerprint density at radius 2 is 1.94 bits per heavy atom. The van der Waals surface area contributed by atoms with Crippen LogP contribution in [0.1, 0.15) is 32.8 Å². The second-order valence-corrected chi connectivity index (χ2v) is 12.0. The Kier molecular flexibility index (Phi) is 7.04. The summed E-state index contributed by atoms with van der Waals surface area (Å²) in [5.41, 5.74) is -1.47. The van der Waals surface area contributed by atoms with Gasteiger partial charge < -0.3 is 15.0 Å². The number of halogens is 3. The minimum absolute atomic E-state index is 0.0417. The fourth-order valence-corrected chi connectivity index (χ4v) is 7.38. The number of rotatable bonds is 4. The van der Waals surface area contributed by atoms with Crippen molar-refractivity contribution in [2.24, 2.45) is 4.99 Å². The van der Waals surface area contributed by atoms with Crippen LogP contribution in [0.5, 0.6) is 0 Å². The zero-order valence-electron chi connectivity index (χ0n) is 18.2. The van der Waals surface area contributed by atoms with Crippen LogP contribution in [-0.2, 0) is 25.5 Å². The van der Waals surface area contributed by atoms with Crippen molar-refractivity contribution in [3.8, 4) is 0 Å². The number of sulfone groups is 1. The molecule has 1 aromatic carbocycles. The highest BCUT2D eigenvalue weighted by molar-refractivity contribution is 8.16. The van der Waals surface area contributed by atoms with Crippen molar-refractivity contribution in [1.82, 2.24) is 5.32 Å². The third kappa shape index (κ3) is 6.62. The van der Waals surface area contributed by atoms with Crippen LogP contribution in [0.25, 0.3) is 0 Å². The van der Waals surface area contributed by atoms with E-state index in [2.05, 4.69) is 10.3 Å². The first-order valence-corrected chi connectivity index (χ1v) is 12.8. The highest BCUT2D eigenvalue weighted by Gasteiger charge is 2.49. The number of benzene rings is 1. The van der Waals surface area contributed by atoms with Crippen LogP contribution in [-0.4, -0.2) is 60.5 Å². The zero-order valence-corrected chi connectivity index (χ0v) is 19.8. The van der Waals surface area contributed by atoms with Gasteiger partial charge in [-0.1, -0.05) is 17.8 Å². The summed E-state index contributed by atoms with van der Waals surface area (Å²) in [6.45, 7) is 5.04. The van der Waals surface area contributed by atoms with Gasteiger partial charge in [0.25, 0.3) is 0 Å². The number of thioether (sulfide) groups is 1. The number of alkyl carbamates (subject to hydrolysis) is 1. The van der Waals surface area contributed by atoms with Gasteiger partial charge in [-0.25, -0.2) is 13.2 Å². The van der Waals surface area contributed by atoms with Crippen molar-refractivity contribution in [1.29, 1.82) is 0 Å². The largest absolute Gasteiger partial charge is 0.444 e. The molecule has 0 saturated carbocycles. The van der Waals surface area contributed by atoms with Gasteiger partial charge >= 0.3 is 12.3 Å². The topological polar surface area (TPSA) is 105 Å². The Labute approximate surface area is 193 Å². The number of fused-ring (bicyclic) bond motifs is 1. The van der Waals surface area contributed by atoms with Crippen LogP contribution in [0.2, 0.25) is 0 Å². The molecule has 2 aliphatic rings. The monoisotopic (exact) mass is 507 g/mol. The molecule has 1 aromatic rings. The van der Waals surface area contributed by atoms with E-state index in [1.807, 2.05) is 0 Å². The van der Waals surface area contributed by atoms with Crippen molar-refractivity contribution in [2.45, 2.75) is 50.3 Å². The van der Waals surface area contributed by atoms with E-state index in [-0.39, 0.29) is 35.3 Å². The number of ether oxygens (including phenoxy) is 1. The van der Waals surface area contributed by atoms with Crippen LogP contribution in [0.4, 0.5) is 23.7 Å². The number of hydrogen-bond acceptors (Lipinski definition) is 6. The molecule has 2 heterocycles. The van der Waals surface area contributed by atoms with Crippen LogP contribution in [0.15, 0.2) is 29.3 Å². The van der Waals surface area contributed by atoms with Gasteiger partial charge in [0.2, 0.25) is 5.91 Å². The van der Waals surface area contributed by atoms with Crippen molar-refractivity contribution in [3.63, 3.8) is 0 Å². The number of hydrogen-bond donors (Lipinski definition) is 1. The standard InChI is InChI=1S/C20H24F3N3O5S2/c1-19(2,3)31-18(28)24-8-7-16(27)25-17-26(14-10-33(29,30)11-15(14)32-17)13-6-4-5-12(9-13)20(21,22)23/h4-6,9,14-15H,7-8,10-11H2,1-3H3,(H,24,28)/t14-,15-/m1/s1. The van der Waals surface area contributed by atoms with Gasteiger partial charge in [0.1, 0.15) is 5.60 Å². The van der Waals surface area contributed by atoms with Crippen LogP contribution < -0.4 is 10.2 Å². The zero-order chi connectivity index (χ0) is 24.6. The highest BCUT2D eigenvalue weighted by atomic mass is 32.2. The number of anilines is 1. The van der Waals surface area contributed by atoms with Crippen molar-refractivity contribution < 1.29 is 35.9 Å². The van der Waals surface area contributed by atoms with Gasteiger partial charge in [-0.15, -0.1) is 0 Å². The molecule has 2 atom stereocenters. The summed E-state index contributed by atoms with van der Waals surface area (Å²) in [6, 6.07) is 3.85. The maximum absolute atomic E-state index is 13.2. The Morgan fingerprint density at radius 1 is 1.24 bits per heavy atom. The third-order valence-electron chi connectivity index (χ3n) is 4.75. The Morgan fingerprint density at radius 3 is 2.58 bits per heavy atom. The van der Waals surface area contributed by atoms with Gasteiger partial charge in [0.05, 0.1) is 23.1 Å². The summed E-state index contributed by atoms with van der Waals surface area (Å²) in [6.07, 6.45) is -5.43. The molecule has 1 N–H and O–H groups in total. The number of carbonyl (C=O) groups is 2. The van der Waals surface area contributed by atoms with Crippen molar-refractivity contribution in [2.75, 3.05) is 23.0 Å². The quantitative estimate of drug-likeness (QED) is 0.667. The first-order chi connectivity index (χ1) is 15.1. The molecule has 8 nitrogen and oxygen atoms in total. The first-order valence-electron chi connectivity index (χ1n) is 10.1. The smallest absolute Gasteiger partial charge is 0.416 e. The second-order valence-electron chi connectivity index (χ2n) is 8.69. The lowest BCUT2D eigenvalue weighted by Crippen LogP contribution is -2.38. The molecule has 2 aliphatic heterocycles. The van der Waals surface area contributed by atoms with Crippen molar-refractivity contribution in [3.05, 3.63) is 29.8 Å². The number of nitrogens with one attached hydrogen (secondary N) is 1. The first kappa shape index (κ1) is 25.3. The van der Waals surface area contributed by atoms with E-state index in [9.17, 15) is 31.2 Å². The summed E-state index contributed by atoms with van der Waals surface area (Å²) in [7, 11) is -3.36. The van der Waals surface area contributed by atoms with E-state index in [1.165, 1.54) is 17.0 Å². The molecule has 0 spiro atoms. The lowest BCUT2D eigenvalue weighted by Gasteiger charge is -2.25. The number of aliphatic imine (C=N–C) groups is 1. The molecule has 182 valence electrons. The Hall–Kier alpha value is -2.28. The lowest BCUT2D eigenvalue weighted by molar-refractivity contribution is -0.137. The third-order valence-corrected chi connectivity index (χ3v) is 7.96. The van der Waals surface area contributed by atoms with Gasteiger partial charge in [0.15, 0.2) is 15.0 Å². The molecule has 33 heavy (non-hydrogen) atoms. The van der Waals surface area contributed by atoms with Crippen LogP contribution in [0, 0.1) is 0 Å². The Bertz CT molecular complexity index is 1070. The van der Waals surface area contributed by atoms with E-state index in [0.29, 0.717) is 0 Å². The maximum atomic E-state index is 13.2. The van der Waals surface area contributed by atoms with Crippen LogP contribution in [0.3, 0.4) is 0 Å². The van der Waals surface area contributed by atoms with Gasteiger partial charge in [-0.05, 0) is 39.0 Å². The number of amides is 2. The van der Waals surface area contributed by atoms with Gasteiger partial charge in [-0.3, -0.25) is 4.79 Å². The van der Waals surface area contributed by atoms with E-state index in [4.69, 9.17) is 4.74 Å². The maximum Gasteiger partial charge on any atom is 0.416 e. The molecule has 2 saturated heterocycles. The highest BCUT2D eigenvalue weighted by Crippen LogP contribution is 2.42. The van der Waals surface area contributed by atoms with E-state index < -0.39 is 50.5 Å². The predicted octanol–water partition coefficient (Wildman–Crippen LogP) is 3.22. The summed E-state index contributed by atoms with van der Waals surface area (Å²) in [5, 5.41) is 2.13. The molecule has 0 aliphatic carbocycles. The SMILES string of the molecule is CC(C)(C)OC(=O)NCCC(=O)N=C1S[C@@H]2CS(=O)(=O)C[C@H]2N1c1cccc(C(F)(F)F)c1. The molecule has 3 rings (SSSR count). The average Bonchev–Trinajstić information content (AvgIpc) is 3.10. The number of nitrogens with zero attached hydrogens (tertiary/aromatic N) is 2. The Balaban J connectivity index is 1.78. The minimum Gasteiger partial charge on any atom is -0.444 e. The molecular weight excluding hydrogens is 483 g/mol. The molecule has 0 bridgehead atoms. The normalized spacial score (nSPS) is 23.5. The molecule has 0 aromatic heterocycles. The van der Waals surface area contributed by atoms with E-state index >= 15 is 0 Å². The minimum atomic E-state index is -4.58. The van der Waals surface area contributed by atoms with Crippen molar-refractivity contribution >= 4 is 44.5 Å². The fraction of sp³-hybridized carbons (Fsp3) is 0.550. The lowest BCUT2D eigenvalue weighted by atomic mass is 10.1. The molecule has 0 radical (unpaired) electrons. The summed E-state index contributed by atoms with van der Waals surface area (Å²) in [5.74, 6) is -0.993. The van der Waals surface area contributed by atoms with Gasteiger partial charge in [0, 0.05) is 23.9 Å². The molecule has 2 amide bonds. The molecular formula is C20H24F3N3O5S2. The van der Waals surface area contributed by atoms with Crippen LogP contribution >= 0.6 is 11.8 Å². The average molecular weight is 508 g/mol. The predicted molar refractivity (Wildman–Crippen MR) is 119 cm³/mol. The summed E-state index contributed by atoms with van der Waals surface area (Å²) < 4.78 is 68.9.